The molecule has 4 nitrogen and oxygen atoms in total. The Labute approximate surface area is 116 Å². The Balaban J connectivity index is 2.01. The minimum atomic E-state index is -0.162. The predicted octanol–water partition coefficient (Wildman–Crippen LogP) is 3.19. The number of nitrogens with one attached hydrogen (secondary N) is 1. The SMILES string of the molecule is Cc1cc(NC(=O)c2ccncc2)c2ncccc2c1. The third-order valence-corrected chi connectivity index (χ3v) is 3.04. The highest BCUT2D eigenvalue weighted by molar-refractivity contribution is 6.08. The van der Waals surface area contributed by atoms with Crippen LogP contribution in [-0.2, 0) is 0 Å². The van der Waals surface area contributed by atoms with Crippen molar-refractivity contribution in [2.45, 2.75) is 6.92 Å². The molecule has 0 saturated heterocycles. The van der Waals surface area contributed by atoms with Crippen LogP contribution in [0.15, 0.2) is 55.0 Å². The smallest absolute Gasteiger partial charge is 0.255 e. The van der Waals surface area contributed by atoms with Gasteiger partial charge in [-0.1, -0.05) is 6.07 Å². The van der Waals surface area contributed by atoms with Gasteiger partial charge in [-0.15, -0.1) is 0 Å². The number of hydrogen-bond acceptors (Lipinski definition) is 3. The molecule has 1 amide bonds. The molecule has 0 aliphatic heterocycles. The number of anilines is 1. The number of aryl methyl sites for hydroxylation is 1. The van der Waals surface area contributed by atoms with Gasteiger partial charge in [-0.3, -0.25) is 14.8 Å². The summed E-state index contributed by atoms with van der Waals surface area (Å²) < 4.78 is 0. The van der Waals surface area contributed by atoms with Crippen LogP contribution in [-0.4, -0.2) is 15.9 Å². The lowest BCUT2D eigenvalue weighted by Gasteiger charge is -2.09. The number of aromatic nitrogens is 2. The Morgan fingerprint density at radius 2 is 1.90 bits per heavy atom. The van der Waals surface area contributed by atoms with Gasteiger partial charge in [0, 0.05) is 29.5 Å². The lowest BCUT2D eigenvalue weighted by Crippen LogP contribution is -2.12. The Morgan fingerprint density at radius 1 is 1.10 bits per heavy atom. The van der Waals surface area contributed by atoms with Gasteiger partial charge in [-0.05, 0) is 42.8 Å². The normalized spacial score (nSPS) is 10.4. The summed E-state index contributed by atoms with van der Waals surface area (Å²) in [5, 5.41) is 3.92. The highest BCUT2D eigenvalue weighted by atomic mass is 16.1. The zero-order chi connectivity index (χ0) is 13.9. The highest BCUT2D eigenvalue weighted by Crippen LogP contribution is 2.23. The quantitative estimate of drug-likeness (QED) is 0.772. The second-order valence-electron chi connectivity index (χ2n) is 4.58. The van der Waals surface area contributed by atoms with Gasteiger partial charge in [0.25, 0.3) is 5.91 Å². The molecule has 0 bridgehead atoms. The topological polar surface area (TPSA) is 54.9 Å². The van der Waals surface area contributed by atoms with Crippen molar-refractivity contribution >= 4 is 22.5 Å². The number of nitrogens with zero attached hydrogens (tertiary/aromatic N) is 2. The number of carbonyl (C=O) groups is 1. The standard InChI is InChI=1S/C16H13N3O/c1-11-9-13-3-2-6-18-15(13)14(10-11)19-16(20)12-4-7-17-8-5-12/h2-10H,1H3,(H,19,20). The second kappa shape index (κ2) is 5.09. The van der Waals surface area contributed by atoms with Crippen LogP contribution in [0, 0.1) is 6.92 Å². The molecule has 0 spiro atoms. The molecular formula is C16H13N3O. The molecule has 0 fully saturated rings. The fraction of sp³-hybridized carbons (Fsp3) is 0.0625. The lowest BCUT2D eigenvalue weighted by atomic mass is 10.1. The minimum Gasteiger partial charge on any atom is -0.320 e. The van der Waals surface area contributed by atoms with Crippen LogP contribution in [0.4, 0.5) is 5.69 Å². The first-order valence-electron chi connectivity index (χ1n) is 6.31. The largest absolute Gasteiger partial charge is 0.320 e. The molecule has 0 radical (unpaired) electrons. The third kappa shape index (κ3) is 2.36. The van der Waals surface area contributed by atoms with Crippen LogP contribution in [0.25, 0.3) is 10.9 Å². The second-order valence-corrected chi connectivity index (χ2v) is 4.58. The van der Waals surface area contributed by atoms with E-state index in [1.807, 2.05) is 31.2 Å². The third-order valence-electron chi connectivity index (χ3n) is 3.04. The van der Waals surface area contributed by atoms with Gasteiger partial charge in [0.15, 0.2) is 0 Å². The molecule has 0 atom stereocenters. The maximum Gasteiger partial charge on any atom is 0.255 e. The number of carbonyl (C=O) groups excluding carboxylic acids is 1. The zero-order valence-electron chi connectivity index (χ0n) is 11.0. The van der Waals surface area contributed by atoms with E-state index in [9.17, 15) is 4.79 Å². The average Bonchev–Trinajstić information content (AvgIpc) is 2.48. The Bertz CT molecular complexity index is 769. The number of rotatable bonds is 2. The van der Waals surface area contributed by atoms with Gasteiger partial charge >= 0.3 is 0 Å². The van der Waals surface area contributed by atoms with Gasteiger partial charge in [0.1, 0.15) is 0 Å². The molecule has 2 aromatic heterocycles. The Morgan fingerprint density at radius 3 is 2.70 bits per heavy atom. The lowest BCUT2D eigenvalue weighted by molar-refractivity contribution is 0.102. The molecule has 0 saturated carbocycles. The van der Waals surface area contributed by atoms with E-state index in [4.69, 9.17) is 0 Å². The van der Waals surface area contributed by atoms with Crippen LogP contribution < -0.4 is 5.32 Å². The maximum absolute atomic E-state index is 12.2. The van der Waals surface area contributed by atoms with Crippen LogP contribution in [0.5, 0.6) is 0 Å². The molecule has 98 valence electrons. The average molecular weight is 263 g/mol. The molecule has 0 aliphatic carbocycles. The summed E-state index contributed by atoms with van der Waals surface area (Å²) in [7, 11) is 0. The van der Waals surface area contributed by atoms with E-state index in [-0.39, 0.29) is 5.91 Å². The van der Waals surface area contributed by atoms with Crippen molar-refractivity contribution in [1.82, 2.24) is 9.97 Å². The van der Waals surface area contributed by atoms with Gasteiger partial charge in [-0.2, -0.15) is 0 Å². The van der Waals surface area contributed by atoms with Crippen LogP contribution in [0.1, 0.15) is 15.9 Å². The molecule has 1 aromatic carbocycles. The van der Waals surface area contributed by atoms with Crippen LogP contribution in [0.2, 0.25) is 0 Å². The maximum atomic E-state index is 12.2. The van der Waals surface area contributed by atoms with Gasteiger partial charge in [-0.25, -0.2) is 0 Å². The van der Waals surface area contributed by atoms with Crippen LogP contribution in [0.3, 0.4) is 0 Å². The van der Waals surface area contributed by atoms with Crippen molar-refractivity contribution in [3.8, 4) is 0 Å². The van der Waals surface area contributed by atoms with Crippen molar-refractivity contribution in [1.29, 1.82) is 0 Å². The first kappa shape index (κ1) is 12.3. The van der Waals surface area contributed by atoms with Crippen molar-refractivity contribution in [3.05, 3.63) is 66.1 Å². The minimum absolute atomic E-state index is 0.162. The summed E-state index contributed by atoms with van der Waals surface area (Å²) in [6.45, 7) is 1.99. The van der Waals surface area contributed by atoms with E-state index in [0.717, 1.165) is 22.2 Å². The predicted molar refractivity (Wildman–Crippen MR) is 78.7 cm³/mol. The van der Waals surface area contributed by atoms with Gasteiger partial charge < -0.3 is 5.32 Å². The molecular weight excluding hydrogens is 250 g/mol. The summed E-state index contributed by atoms with van der Waals surface area (Å²) in [5.41, 5.74) is 3.17. The van der Waals surface area contributed by atoms with Crippen molar-refractivity contribution in [2.24, 2.45) is 0 Å². The van der Waals surface area contributed by atoms with Crippen molar-refractivity contribution in [3.63, 3.8) is 0 Å². The van der Waals surface area contributed by atoms with E-state index >= 15 is 0 Å². The molecule has 20 heavy (non-hydrogen) atoms. The van der Waals surface area contributed by atoms with Crippen LogP contribution >= 0.6 is 0 Å². The van der Waals surface area contributed by atoms with Gasteiger partial charge in [0.2, 0.25) is 0 Å². The summed E-state index contributed by atoms with van der Waals surface area (Å²) in [6.07, 6.45) is 4.92. The highest BCUT2D eigenvalue weighted by Gasteiger charge is 2.09. The monoisotopic (exact) mass is 263 g/mol. The summed E-state index contributed by atoms with van der Waals surface area (Å²) in [6, 6.07) is 11.2. The molecule has 0 unspecified atom stereocenters. The zero-order valence-corrected chi connectivity index (χ0v) is 11.0. The van der Waals surface area contributed by atoms with Crippen molar-refractivity contribution < 1.29 is 4.79 Å². The number of amides is 1. The molecule has 4 heteroatoms. The summed E-state index contributed by atoms with van der Waals surface area (Å²) in [5.74, 6) is -0.162. The van der Waals surface area contributed by atoms with E-state index in [1.54, 1.807) is 30.7 Å². The van der Waals surface area contributed by atoms with Crippen molar-refractivity contribution in [2.75, 3.05) is 5.32 Å². The molecule has 3 aromatic rings. The number of hydrogen-bond donors (Lipinski definition) is 1. The fourth-order valence-electron chi connectivity index (χ4n) is 2.14. The Kier molecular flexibility index (Phi) is 3.13. The molecule has 3 rings (SSSR count). The fourth-order valence-corrected chi connectivity index (χ4v) is 2.14. The van der Waals surface area contributed by atoms with E-state index in [2.05, 4.69) is 15.3 Å². The molecule has 1 N–H and O–H groups in total. The first-order chi connectivity index (χ1) is 9.74. The number of pyridine rings is 2. The van der Waals surface area contributed by atoms with Gasteiger partial charge in [0.05, 0.1) is 11.2 Å². The summed E-state index contributed by atoms with van der Waals surface area (Å²) in [4.78, 5) is 20.5. The van der Waals surface area contributed by atoms with E-state index in [0.29, 0.717) is 5.56 Å². The molecule has 2 heterocycles. The summed E-state index contributed by atoms with van der Waals surface area (Å²) >= 11 is 0. The van der Waals surface area contributed by atoms with E-state index in [1.165, 1.54) is 0 Å². The number of fused-ring (bicyclic) bond motifs is 1. The first-order valence-corrected chi connectivity index (χ1v) is 6.31. The molecule has 0 aliphatic rings. The van der Waals surface area contributed by atoms with E-state index < -0.39 is 0 Å². The number of benzene rings is 1. The Hall–Kier alpha value is -2.75.